The quantitative estimate of drug-likeness (QED) is 0.787. The Morgan fingerprint density at radius 3 is 2.43 bits per heavy atom. The number of hydrogen-bond acceptors (Lipinski definition) is 3. The molecule has 1 N–H and O–H groups in total. The van der Waals surface area contributed by atoms with E-state index in [-0.39, 0.29) is 30.4 Å². The van der Waals surface area contributed by atoms with Gasteiger partial charge in [-0.05, 0) is 36.6 Å². The normalized spacial score (nSPS) is 16.1. The first-order valence-corrected chi connectivity index (χ1v) is 10.7. The van der Waals surface area contributed by atoms with E-state index in [1.807, 2.05) is 0 Å². The van der Waals surface area contributed by atoms with Crippen LogP contribution in [0.1, 0.15) is 18.4 Å². The Morgan fingerprint density at radius 2 is 1.79 bits per heavy atom. The van der Waals surface area contributed by atoms with Gasteiger partial charge in [0.15, 0.2) is 11.6 Å². The van der Waals surface area contributed by atoms with E-state index in [4.69, 9.17) is 11.6 Å². The van der Waals surface area contributed by atoms with E-state index in [0.717, 1.165) is 12.1 Å². The van der Waals surface area contributed by atoms with E-state index in [0.29, 0.717) is 23.4 Å². The van der Waals surface area contributed by atoms with E-state index >= 15 is 0 Å². The zero-order chi connectivity index (χ0) is 20.3. The zero-order valence-corrected chi connectivity index (χ0v) is 16.4. The molecule has 5 nitrogen and oxygen atoms in total. The molecular weight excluding hydrogens is 410 g/mol. The summed E-state index contributed by atoms with van der Waals surface area (Å²) in [5.74, 6) is -2.97. The predicted octanol–water partition coefficient (Wildman–Crippen LogP) is 3.80. The van der Waals surface area contributed by atoms with Gasteiger partial charge in [0.2, 0.25) is 15.9 Å². The molecule has 0 unspecified atom stereocenters. The summed E-state index contributed by atoms with van der Waals surface area (Å²) in [7, 11) is -3.55. The monoisotopic (exact) mass is 428 g/mol. The van der Waals surface area contributed by atoms with Gasteiger partial charge >= 0.3 is 0 Å². The Labute approximate surface area is 167 Å². The molecule has 1 aliphatic rings. The second kappa shape index (κ2) is 8.55. The van der Waals surface area contributed by atoms with Gasteiger partial charge in [0.1, 0.15) is 0 Å². The number of nitrogens with one attached hydrogen (secondary N) is 1. The number of rotatable bonds is 5. The first-order valence-electron chi connectivity index (χ1n) is 8.73. The average molecular weight is 429 g/mol. The molecule has 0 aliphatic carbocycles. The smallest absolute Gasteiger partial charge is 0.227 e. The van der Waals surface area contributed by atoms with E-state index in [1.54, 1.807) is 24.3 Å². The van der Waals surface area contributed by atoms with Crippen LogP contribution in [0, 0.1) is 17.6 Å². The van der Waals surface area contributed by atoms with Crippen LogP contribution in [0.15, 0.2) is 42.5 Å². The van der Waals surface area contributed by atoms with Crippen molar-refractivity contribution in [3.8, 4) is 0 Å². The van der Waals surface area contributed by atoms with Crippen molar-refractivity contribution in [2.45, 2.75) is 18.6 Å². The van der Waals surface area contributed by atoms with Gasteiger partial charge in [-0.25, -0.2) is 21.5 Å². The molecule has 1 aliphatic heterocycles. The molecule has 150 valence electrons. The lowest BCUT2D eigenvalue weighted by Gasteiger charge is -2.30. The van der Waals surface area contributed by atoms with Crippen molar-refractivity contribution in [3.05, 3.63) is 64.7 Å². The second-order valence-corrected chi connectivity index (χ2v) is 9.02. The molecule has 0 spiro atoms. The molecule has 1 heterocycles. The zero-order valence-electron chi connectivity index (χ0n) is 14.9. The van der Waals surface area contributed by atoms with Gasteiger partial charge in [-0.1, -0.05) is 29.8 Å². The van der Waals surface area contributed by atoms with Gasteiger partial charge in [0.05, 0.1) is 5.75 Å². The highest BCUT2D eigenvalue weighted by Crippen LogP contribution is 2.25. The summed E-state index contributed by atoms with van der Waals surface area (Å²) in [5.41, 5.74) is 0.694. The highest BCUT2D eigenvalue weighted by atomic mass is 35.5. The summed E-state index contributed by atoms with van der Waals surface area (Å²) < 4.78 is 52.8. The van der Waals surface area contributed by atoms with Crippen molar-refractivity contribution in [1.82, 2.24) is 4.31 Å². The molecule has 2 aromatic carbocycles. The highest BCUT2D eigenvalue weighted by Gasteiger charge is 2.31. The van der Waals surface area contributed by atoms with Gasteiger partial charge in [-0.15, -0.1) is 0 Å². The lowest BCUT2D eigenvalue weighted by Crippen LogP contribution is -2.41. The van der Waals surface area contributed by atoms with Crippen molar-refractivity contribution >= 4 is 33.2 Å². The van der Waals surface area contributed by atoms with E-state index in [9.17, 15) is 22.0 Å². The molecule has 0 bridgehead atoms. The minimum atomic E-state index is -3.55. The second-order valence-electron chi connectivity index (χ2n) is 6.64. The number of sulfonamides is 1. The van der Waals surface area contributed by atoms with Crippen molar-refractivity contribution in [2.24, 2.45) is 5.92 Å². The summed E-state index contributed by atoms with van der Waals surface area (Å²) in [6.45, 7) is 0.422. The van der Waals surface area contributed by atoms with Crippen LogP contribution >= 0.6 is 11.6 Å². The minimum absolute atomic E-state index is 0.165. The van der Waals surface area contributed by atoms with Gasteiger partial charge in [0, 0.05) is 35.8 Å². The molecule has 3 rings (SSSR count). The molecule has 2 aromatic rings. The molecule has 0 atom stereocenters. The van der Waals surface area contributed by atoms with Crippen LogP contribution in [0.25, 0.3) is 0 Å². The molecule has 9 heteroatoms. The predicted molar refractivity (Wildman–Crippen MR) is 103 cm³/mol. The third-order valence-corrected chi connectivity index (χ3v) is 6.90. The fourth-order valence-electron chi connectivity index (χ4n) is 3.12. The number of carbonyl (C=O) groups excluding carboxylic acids is 1. The first-order chi connectivity index (χ1) is 13.3. The number of carbonyl (C=O) groups is 1. The van der Waals surface area contributed by atoms with E-state index in [2.05, 4.69) is 5.32 Å². The molecule has 1 fully saturated rings. The van der Waals surface area contributed by atoms with Crippen LogP contribution in [-0.4, -0.2) is 31.7 Å². The van der Waals surface area contributed by atoms with Gasteiger partial charge in [-0.3, -0.25) is 4.79 Å². The maximum atomic E-state index is 13.3. The van der Waals surface area contributed by atoms with Crippen molar-refractivity contribution in [3.63, 3.8) is 0 Å². The lowest BCUT2D eigenvalue weighted by molar-refractivity contribution is -0.120. The Bertz CT molecular complexity index is 977. The Hall–Kier alpha value is -2.03. The van der Waals surface area contributed by atoms with Crippen molar-refractivity contribution < 1.29 is 22.0 Å². The van der Waals surface area contributed by atoms with E-state index in [1.165, 1.54) is 10.4 Å². The number of hydrogen-bond donors (Lipinski definition) is 1. The van der Waals surface area contributed by atoms with E-state index < -0.39 is 27.6 Å². The minimum Gasteiger partial charge on any atom is -0.326 e. The van der Waals surface area contributed by atoms with Crippen LogP contribution in [0.3, 0.4) is 0 Å². The van der Waals surface area contributed by atoms with Gasteiger partial charge in [-0.2, -0.15) is 0 Å². The summed E-state index contributed by atoms with van der Waals surface area (Å²) in [6, 6.07) is 9.90. The standard InChI is InChI=1S/C19H19ClF2N2O3S/c20-16-4-2-1-3-14(16)12-28(26,27)24-9-7-13(8-10-24)19(25)23-15-5-6-17(21)18(22)11-15/h1-6,11,13H,7-10,12H2,(H,23,25). The fourth-order valence-corrected chi connectivity index (χ4v) is 4.99. The number of nitrogens with zero attached hydrogens (tertiary/aromatic N) is 1. The average Bonchev–Trinajstić information content (AvgIpc) is 2.66. The molecular formula is C19H19ClF2N2O3S. The largest absolute Gasteiger partial charge is 0.326 e. The summed E-state index contributed by atoms with van der Waals surface area (Å²) in [4.78, 5) is 12.3. The number of anilines is 1. The maximum absolute atomic E-state index is 13.3. The first kappa shape index (κ1) is 20.7. The number of amides is 1. The van der Waals surface area contributed by atoms with Crippen LogP contribution in [0.5, 0.6) is 0 Å². The third-order valence-electron chi connectivity index (χ3n) is 4.70. The van der Waals surface area contributed by atoms with Crippen LogP contribution in [0.4, 0.5) is 14.5 Å². The number of benzene rings is 2. The molecule has 0 saturated carbocycles. The van der Waals surface area contributed by atoms with Crippen LogP contribution < -0.4 is 5.32 Å². The fraction of sp³-hybridized carbons (Fsp3) is 0.316. The topological polar surface area (TPSA) is 66.5 Å². The molecule has 28 heavy (non-hydrogen) atoms. The third kappa shape index (κ3) is 4.87. The van der Waals surface area contributed by atoms with Crippen molar-refractivity contribution in [1.29, 1.82) is 0 Å². The Morgan fingerprint density at radius 1 is 1.11 bits per heavy atom. The van der Waals surface area contributed by atoms with Crippen molar-refractivity contribution in [2.75, 3.05) is 18.4 Å². The summed E-state index contributed by atoms with van der Waals surface area (Å²) in [5, 5.41) is 2.94. The Balaban J connectivity index is 1.58. The van der Waals surface area contributed by atoms with Gasteiger partial charge in [0.25, 0.3) is 0 Å². The SMILES string of the molecule is O=C(Nc1ccc(F)c(F)c1)C1CCN(S(=O)(=O)Cc2ccccc2Cl)CC1. The van der Waals surface area contributed by atoms with Gasteiger partial charge < -0.3 is 5.32 Å². The number of halogens is 3. The Kier molecular flexibility index (Phi) is 6.32. The highest BCUT2D eigenvalue weighted by molar-refractivity contribution is 7.88. The summed E-state index contributed by atoms with van der Waals surface area (Å²) in [6.07, 6.45) is 0.689. The lowest BCUT2D eigenvalue weighted by atomic mass is 9.97. The van der Waals surface area contributed by atoms with Crippen LogP contribution in [0.2, 0.25) is 5.02 Å². The molecule has 0 radical (unpaired) electrons. The maximum Gasteiger partial charge on any atom is 0.227 e. The molecule has 1 amide bonds. The summed E-state index contributed by atoms with van der Waals surface area (Å²) >= 11 is 6.05. The molecule has 0 aromatic heterocycles. The molecule has 1 saturated heterocycles. The van der Waals surface area contributed by atoms with Crippen LogP contribution in [-0.2, 0) is 20.6 Å². The number of piperidine rings is 1.